The molecule has 0 bridgehead atoms. The molecule has 0 fully saturated rings. The van der Waals surface area contributed by atoms with Crippen molar-refractivity contribution in [2.45, 2.75) is 19.9 Å². The van der Waals surface area contributed by atoms with E-state index in [2.05, 4.69) is 5.32 Å². The Bertz CT molecular complexity index is 765. The number of benzene rings is 1. The number of carboxylic acids is 1. The van der Waals surface area contributed by atoms with Crippen LogP contribution in [0.4, 0.5) is 0 Å². The number of methoxy groups -OCH3 is 2. The molecule has 7 heteroatoms. The van der Waals surface area contributed by atoms with Gasteiger partial charge in [0.1, 0.15) is 5.75 Å². The van der Waals surface area contributed by atoms with E-state index in [0.29, 0.717) is 5.56 Å². The summed E-state index contributed by atoms with van der Waals surface area (Å²) in [7, 11) is 2.99. The molecule has 7 nitrogen and oxygen atoms in total. The van der Waals surface area contributed by atoms with Crippen molar-refractivity contribution >= 4 is 11.9 Å². The first-order valence-corrected chi connectivity index (χ1v) is 7.75. The van der Waals surface area contributed by atoms with Crippen molar-refractivity contribution < 1.29 is 24.2 Å². The molecule has 2 rings (SSSR count). The Morgan fingerprint density at radius 2 is 1.84 bits per heavy atom. The van der Waals surface area contributed by atoms with Gasteiger partial charge in [0.05, 0.1) is 19.3 Å². The third-order valence-electron chi connectivity index (χ3n) is 3.94. The summed E-state index contributed by atoms with van der Waals surface area (Å²) in [5.74, 6) is -0.843. The monoisotopic (exact) mass is 346 g/mol. The van der Waals surface area contributed by atoms with E-state index in [0.717, 1.165) is 22.8 Å². The molecule has 0 aliphatic heterocycles. The van der Waals surface area contributed by atoms with E-state index in [9.17, 15) is 9.59 Å². The normalized spacial score (nSPS) is 11.8. The second kappa shape index (κ2) is 7.85. The first kappa shape index (κ1) is 18.5. The molecule has 25 heavy (non-hydrogen) atoms. The lowest BCUT2D eigenvalue weighted by Crippen LogP contribution is -2.43. The first-order chi connectivity index (χ1) is 11.9. The zero-order chi connectivity index (χ0) is 18.6. The number of rotatable bonds is 7. The Labute approximate surface area is 146 Å². The second-order valence-electron chi connectivity index (χ2n) is 5.64. The number of carbonyl (C=O) groups is 2. The average molecular weight is 346 g/mol. The maximum absolute atomic E-state index is 12.5. The van der Waals surface area contributed by atoms with Crippen LogP contribution < -0.4 is 10.1 Å². The molecule has 0 spiro atoms. The molecular formula is C18H22N2O5. The summed E-state index contributed by atoms with van der Waals surface area (Å²) in [4.78, 5) is 23.7. The molecule has 134 valence electrons. The van der Waals surface area contributed by atoms with Crippen LogP contribution in [0.2, 0.25) is 0 Å². The fraction of sp³-hybridized carbons (Fsp3) is 0.333. The zero-order valence-corrected chi connectivity index (χ0v) is 14.7. The number of ether oxygens (including phenoxy) is 2. The Balaban J connectivity index is 2.31. The molecule has 1 aromatic heterocycles. The summed E-state index contributed by atoms with van der Waals surface area (Å²) in [5.41, 5.74) is 2.91. The number of hydrogen-bond acceptors (Lipinski definition) is 4. The average Bonchev–Trinajstić information content (AvgIpc) is 2.89. The number of hydrogen-bond donors (Lipinski definition) is 2. The van der Waals surface area contributed by atoms with Crippen molar-refractivity contribution in [1.82, 2.24) is 9.88 Å². The Morgan fingerprint density at radius 3 is 2.36 bits per heavy atom. The highest BCUT2D eigenvalue weighted by Gasteiger charge is 2.23. The summed E-state index contributed by atoms with van der Waals surface area (Å²) in [6, 6.07) is 8.11. The van der Waals surface area contributed by atoms with Crippen LogP contribution >= 0.6 is 0 Å². The summed E-state index contributed by atoms with van der Waals surface area (Å²) in [6.45, 7) is 3.61. The van der Waals surface area contributed by atoms with Gasteiger partial charge in [0.2, 0.25) is 0 Å². The minimum atomic E-state index is -1.14. The lowest BCUT2D eigenvalue weighted by atomic mass is 10.2. The van der Waals surface area contributed by atoms with E-state index in [4.69, 9.17) is 14.6 Å². The summed E-state index contributed by atoms with van der Waals surface area (Å²) >= 11 is 0. The van der Waals surface area contributed by atoms with Gasteiger partial charge in [-0.1, -0.05) is 0 Å². The summed E-state index contributed by atoms with van der Waals surface area (Å²) in [5, 5.41) is 11.6. The predicted octanol–water partition coefficient (Wildman–Crippen LogP) is 1.93. The van der Waals surface area contributed by atoms with E-state index < -0.39 is 17.9 Å². The van der Waals surface area contributed by atoms with Crippen LogP contribution in [-0.4, -0.2) is 48.4 Å². The van der Waals surface area contributed by atoms with Crippen LogP contribution in [0.15, 0.2) is 30.3 Å². The van der Waals surface area contributed by atoms with Gasteiger partial charge in [-0.3, -0.25) is 4.79 Å². The molecule has 0 saturated carbocycles. The molecule has 0 radical (unpaired) electrons. The molecule has 2 N–H and O–H groups in total. The number of aryl methyl sites for hydroxylation is 1. The third kappa shape index (κ3) is 4.00. The number of aromatic nitrogens is 1. The minimum absolute atomic E-state index is 0.0989. The van der Waals surface area contributed by atoms with Gasteiger partial charge in [0.25, 0.3) is 5.91 Å². The fourth-order valence-corrected chi connectivity index (χ4v) is 2.70. The van der Waals surface area contributed by atoms with Gasteiger partial charge in [-0.15, -0.1) is 0 Å². The highest BCUT2D eigenvalue weighted by atomic mass is 16.5. The van der Waals surface area contributed by atoms with E-state index in [1.165, 1.54) is 7.11 Å². The number of nitrogens with one attached hydrogen (secondary N) is 1. The van der Waals surface area contributed by atoms with Crippen molar-refractivity contribution in [2.24, 2.45) is 0 Å². The van der Waals surface area contributed by atoms with Gasteiger partial charge >= 0.3 is 5.97 Å². The van der Waals surface area contributed by atoms with Crippen LogP contribution in [0, 0.1) is 13.8 Å². The molecule has 0 aliphatic rings. The van der Waals surface area contributed by atoms with Gasteiger partial charge < -0.3 is 24.5 Å². The van der Waals surface area contributed by atoms with Crippen molar-refractivity contribution in [2.75, 3.05) is 20.8 Å². The fourth-order valence-electron chi connectivity index (χ4n) is 2.70. The highest BCUT2D eigenvalue weighted by molar-refractivity contribution is 5.98. The molecular weight excluding hydrogens is 324 g/mol. The number of amides is 1. The van der Waals surface area contributed by atoms with E-state index in [-0.39, 0.29) is 6.61 Å². The van der Waals surface area contributed by atoms with E-state index in [1.807, 2.05) is 42.7 Å². The van der Waals surface area contributed by atoms with E-state index in [1.54, 1.807) is 13.2 Å². The summed E-state index contributed by atoms with van der Waals surface area (Å²) < 4.78 is 11.9. The van der Waals surface area contributed by atoms with E-state index >= 15 is 0 Å². The van der Waals surface area contributed by atoms with Gasteiger partial charge in [-0.05, 0) is 44.2 Å². The van der Waals surface area contributed by atoms with Crippen molar-refractivity contribution in [3.8, 4) is 11.4 Å². The van der Waals surface area contributed by atoms with Gasteiger partial charge in [-0.25, -0.2) is 4.79 Å². The number of nitrogens with zero attached hydrogens (tertiary/aromatic N) is 1. The SMILES string of the molecule is COCC(NC(=O)c1cc(C)n(-c2ccc(OC)cc2)c1C)C(=O)O. The molecule has 2 aromatic rings. The molecule has 1 aromatic carbocycles. The van der Waals surface area contributed by atoms with Crippen LogP contribution in [0.25, 0.3) is 5.69 Å². The number of carboxylic acid groups (broad SMARTS) is 1. The maximum atomic E-state index is 12.5. The topological polar surface area (TPSA) is 89.8 Å². The second-order valence-corrected chi connectivity index (χ2v) is 5.64. The Morgan fingerprint density at radius 1 is 1.20 bits per heavy atom. The third-order valence-corrected chi connectivity index (χ3v) is 3.94. The molecule has 0 saturated heterocycles. The predicted molar refractivity (Wildman–Crippen MR) is 92.6 cm³/mol. The molecule has 1 amide bonds. The minimum Gasteiger partial charge on any atom is -0.497 e. The Hall–Kier alpha value is -2.80. The van der Waals surface area contributed by atoms with Crippen molar-refractivity contribution in [3.63, 3.8) is 0 Å². The molecule has 1 heterocycles. The quantitative estimate of drug-likeness (QED) is 0.800. The number of carbonyl (C=O) groups excluding carboxylic acids is 1. The smallest absolute Gasteiger partial charge is 0.328 e. The maximum Gasteiger partial charge on any atom is 0.328 e. The van der Waals surface area contributed by atoms with Crippen LogP contribution in [0.3, 0.4) is 0 Å². The van der Waals surface area contributed by atoms with Crippen LogP contribution in [0.1, 0.15) is 21.7 Å². The molecule has 1 unspecified atom stereocenters. The van der Waals surface area contributed by atoms with Crippen LogP contribution in [-0.2, 0) is 9.53 Å². The number of aliphatic carboxylic acids is 1. The van der Waals surface area contributed by atoms with Crippen molar-refractivity contribution in [1.29, 1.82) is 0 Å². The molecule has 1 atom stereocenters. The lowest BCUT2D eigenvalue weighted by molar-refractivity contribution is -0.140. The van der Waals surface area contributed by atoms with Gasteiger partial charge in [0, 0.05) is 24.2 Å². The summed E-state index contributed by atoms with van der Waals surface area (Å²) in [6.07, 6.45) is 0. The van der Waals surface area contributed by atoms with Crippen LogP contribution in [0.5, 0.6) is 5.75 Å². The zero-order valence-electron chi connectivity index (χ0n) is 14.7. The van der Waals surface area contributed by atoms with Crippen molar-refractivity contribution in [3.05, 3.63) is 47.3 Å². The molecule has 0 aliphatic carbocycles. The standard InChI is InChI=1S/C18H22N2O5/c1-11-9-15(17(21)19-16(10-24-3)18(22)23)12(2)20(11)13-5-7-14(25-4)8-6-13/h5-9,16H,10H2,1-4H3,(H,19,21)(H,22,23). The van der Waals surface area contributed by atoms with Gasteiger partial charge in [-0.2, -0.15) is 0 Å². The first-order valence-electron chi connectivity index (χ1n) is 7.75. The largest absolute Gasteiger partial charge is 0.497 e. The Kier molecular flexibility index (Phi) is 5.82. The lowest BCUT2D eigenvalue weighted by Gasteiger charge is -2.14. The van der Waals surface area contributed by atoms with Gasteiger partial charge in [0.15, 0.2) is 6.04 Å². The highest BCUT2D eigenvalue weighted by Crippen LogP contribution is 2.22.